The monoisotopic (exact) mass is 293 g/mol. The predicted octanol–water partition coefficient (Wildman–Crippen LogP) is 2.00. The normalized spacial score (nSPS) is 10.2. The minimum atomic E-state index is -0.639. The largest absolute Gasteiger partial charge is 0.507 e. The van der Waals surface area contributed by atoms with Crippen LogP contribution in [0.2, 0.25) is 0 Å². The molecule has 1 aromatic heterocycles. The average Bonchev–Trinajstić information content (AvgIpc) is 2.81. The van der Waals surface area contributed by atoms with Crippen molar-refractivity contribution in [2.24, 2.45) is 0 Å². The molecule has 0 unspecified atom stereocenters. The third kappa shape index (κ3) is 3.09. The van der Waals surface area contributed by atoms with Gasteiger partial charge in [0.15, 0.2) is 0 Å². The minimum absolute atomic E-state index is 0.0115. The number of carbonyl (C=O) groups excluding carboxylic acids is 1. The van der Waals surface area contributed by atoms with Crippen molar-refractivity contribution >= 4 is 22.9 Å². The van der Waals surface area contributed by atoms with Crippen molar-refractivity contribution in [1.29, 1.82) is 0 Å². The lowest BCUT2D eigenvalue weighted by Gasteiger charge is -2.05. The van der Waals surface area contributed by atoms with E-state index in [0.29, 0.717) is 0 Å². The summed E-state index contributed by atoms with van der Waals surface area (Å²) in [5.74, 6) is -0.936. The van der Waals surface area contributed by atoms with E-state index in [2.05, 4.69) is 10.3 Å². The summed E-state index contributed by atoms with van der Waals surface area (Å²) < 4.78 is 0. The molecule has 0 fully saturated rings. The molecule has 2 aromatic rings. The molecular formula is C12H11N3O4S. The van der Waals surface area contributed by atoms with Gasteiger partial charge >= 0.3 is 0 Å². The Balaban J connectivity index is 2.07. The minimum Gasteiger partial charge on any atom is -0.507 e. The first-order valence-corrected chi connectivity index (χ1v) is 6.52. The molecule has 8 heteroatoms. The van der Waals surface area contributed by atoms with Crippen molar-refractivity contribution in [2.75, 3.05) is 0 Å². The summed E-state index contributed by atoms with van der Waals surface area (Å²) in [6.45, 7) is 2.09. The summed E-state index contributed by atoms with van der Waals surface area (Å²) in [6.07, 6.45) is 0. The molecule has 0 saturated carbocycles. The molecule has 0 radical (unpaired) electrons. The number of carbonyl (C=O) groups is 1. The molecular weight excluding hydrogens is 282 g/mol. The van der Waals surface area contributed by atoms with Crippen molar-refractivity contribution in [3.63, 3.8) is 0 Å². The number of nitrogens with one attached hydrogen (secondary N) is 1. The second kappa shape index (κ2) is 5.66. The maximum absolute atomic E-state index is 11.9. The number of non-ortho nitro benzene ring substituents is 1. The molecule has 0 bridgehead atoms. The Morgan fingerprint density at radius 1 is 1.55 bits per heavy atom. The first-order valence-electron chi connectivity index (χ1n) is 5.64. The Hall–Kier alpha value is -2.48. The van der Waals surface area contributed by atoms with E-state index in [9.17, 15) is 20.0 Å². The number of nitro benzene ring substituents is 1. The lowest BCUT2D eigenvalue weighted by molar-refractivity contribution is -0.384. The van der Waals surface area contributed by atoms with Gasteiger partial charge in [-0.3, -0.25) is 14.9 Å². The highest BCUT2D eigenvalue weighted by molar-refractivity contribution is 7.09. The number of phenolic OH excluding ortho intramolecular Hbond substituents is 1. The Morgan fingerprint density at radius 3 is 2.85 bits per heavy atom. The van der Waals surface area contributed by atoms with E-state index in [-0.39, 0.29) is 17.8 Å². The molecule has 0 atom stereocenters. The first kappa shape index (κ1) is 13.9. The topological polar surface area (TPSA) is 105 Å². The molecule has 104 valence electrons. The van der Waals surface area contributed by atoms with Gasteiger partial charge < -0.3 is 10.4 Å². The van der Waals surface area contributed by atoms with Gasteiger partial charge in [0.25, 0.3) is 11.6 Å². The van der Waals surface area contributed by atoms with E-state index < -0.39 is 16.6 Å². The lowest BCUT2D eigenvalue weighted by Crippen LogP contribution is -2.23. The number of hydrogen-bond donors (Lipinski definition) is 2. The number of aromatic nitrogens is 1. The van der Waals surface area contributed by atoms with Crippen LogP contribution in [0.4, 0.5) is 5.69 Å². The number of aryl methyl sites for hydroxylation is 1. The van der Waals surface area contributed by atoms with E-state index in [1.165, 1.54) is 23.5 Å². The van der Waals surface area contributed by atoms with E-state index in [1.807, 2.05) is 12.3 Å². The smallest absolute Gasteiger partial charge is 0.273 e. The third-order valence-corrected chi connectivity index (χ3v) is 3.36. The molecule has 2 rings (SSSR count). The van der Waals surface area contributed by atoms with Gasteiger partial charge in [-0.2, -0.15) is 0 Å². The van der Waals surface area contributed by atoms with E-state index >= 15 is 0 Å². The van der Waals surface area contributed by atoms with Crippen LogP contribution in [0.25, 0.3) is 0 Å². The number of phenols is 1. The van der Waals surface area contributed by atoms with Crippen molar-refractivity contribution in [1.82, 2.24) is 10.3 Å². The zero-order chi connectivity index (χ0) is 14.7. The van der Waals surface area contributed by atoms with Gasteiger partial charge in [-0.05, 0) is 13.0 Å². The summed E-state index contributed by atoms with van der Waals surface area (Å²) in [7, 11) is 0. The van der Waals surface area contributed by atoms with Crippen molar-refractivity contribution in [3.8, 4) is 5.75 Å². The third-order valence-electron chi connectivity index (χ3n) is 2.53. The van der Waals surface area contributed by atoms with Crippen molar-refractivity contribution in [2.45, 2.75) is 13.5 Å². The number of amides is 1. The van der Waals surface area contributed by atoms with Crippen LogP contribution in [0.1, 0.15) is 21.1 Å². The van der Waals surface area contributed by atoms with E-state index in [1.54, 1.807) is 0 Å². The second-order valence-corrected chi connectivity index (χ2v) is 5.06. The number of hydrogen-bond acceptors (Lipinski definition) is 6. The molecule has 0 saturated heterocycles. The molecule has 1 amide bonds. The molecule has 2 N–H and O–H groups in total. The summed E-state index contributed by atoms with van der Waals surface area (Å²) in [4.78, 5) is 25.9. The molecule has 0 aliphatic rings. The number of aromatic hydroxyl groups is 1. The Labute approximate surface area is 118 Å². The summed E-state index contributed by atoms with van der Waals surface area (Å²) in [6, 6.07) is 3.33. The maximum atomic E-state index is 11.9. The van der Waals surface area contributed by atoms with Gasteiger partial charge in [-0.15, -0.1) is 11.3 Å². The lowest BCUT2D eigenvalue weighted by atomic mass is 10.1. The van der Waals surface area contributed by atoms with Crippen LogP contribution >= 0.6 is 11.3 Å². The predicted molar refractivity (Wildman–Crippen MR) is 72.8 cm³/mol. The maximum Gasteiger partial charge on any atom is 0.273 e. The molecule has 0 aliphatic heterocycles. The second-order valence-electron chi connectivity index (χ2n) is 4.00. The number of nitro groups is 1. The molecule has 7 nitrogen and oxygen atoms in total. The SMILES string of the molecule is Cc1nc(CNC(=O)c2ccc([N+](=O)[O-])cc2O)cs1. The quantitative estimate of drug-likeness (QED) is 0.662. The Kier molecular flexibility index (Phi) is 3.94. The van der Waals surface area contributed by atoms with E-state index in [0.717, 1.165) is 16.8 Å². The summed E-state index contributed by atoms with van der Waals surface area (Å²) >= 11 is 1.47. The van der Waals surface area contributed by atoms with Crippen LogP contribution in [0.15, 0.2) is 23.6 Å². The van der Waals surface area contributed by atoms with Crippen LogP contribution in [0.3, 0.4) is 0 Å². The van der Waals surface area contributed by atoms with Crippen LogP contribution in [0.5, 0.6) is 5.75 Å². The average molecular weight is 293 g/mol. The van der Waals surface area contributed by atoms with Gasteiger partial charge in [0.1, 0.15) is 5.75 Å². The standard InChI is InChI=1S/C12H11N3O4S/c1-7-14-8(6-20-7)5-13-12(17)10-3-2-9(15(18)19)4-11(10)16/h2-4,6,16H,5H2,1H3,(H,13,17). The van der Waals surface area contributed by atoms with Gasteiger partial charge in [0.05, 0.1) is 33.8 Å². The highest BCUT2D eigenvalue weighted by Crippen LogP contribution is 2.23. The molecule has 20 heavy (non-hydrogen) atoms. The number of benzene rings is 1. The molecule has 1 heterocycles. The fourth-order valence-corrected chi connectivity index (χ4v) is 2.19. The summed E-state index contributed by atoms with van der Waals surface area (Å²) in [5, 5.41) is 25.5. The first-order chi connectivity index (χ1) is 9.47. The van der Waals surface area contributed by atoms with Crippen LogP contribution < -0.4 is 5.32 Å². The Bertz CT molecular complexity index is 668. The van der Waals surface area contributed by atoms with Crippen molar-refractivity contribution in [3.05, 3.63) is 50.0 Å². The van der Waals surface area contributed by atoms with Gasteiger partial charge in [0.2, 0.25) is 0 Å². The highest BCUT2D eigenvalue weighted by Gasteiger charge is 2.15. The van der Waals surface area contributed by atoms with E-state index in [4.69, 9.17) is 0 Å². The van der Waals surface area contributed by atoms with Gasteiger partial charge in [-0.25, -0.2) is 4.98 Å². The fourth-order valence-electron chi connectivity index (χ4n) is 1.58. The summed E-state index contributed by atoms with van der Waals surface area (Å²) in [5.41, 5.74) is 0.443. The Morgan fingerprint density at radius 2 is 2.30 bits per heavy atom. The van der Waals surface area contributed by atoms with Crippen LogP contribution in [0, 0.1) is 17.0 Å². The number of thiazole rings is 1. The van der Waals surface area contributed by atoms with Gasteiger partial charge in [0, 0.05) is 11.4 Å². The zero-order valence-electron chi connectivity index (χ0n) is 10.5. The van der Waals surface area contributed by atoms with Crippen molar-refractivity contribution < 1.29 is 14.8 Å². The van der Waals surface area contributed by atoms with Gasteiger partial charge in [-0.1, -0.05) is 0 Å². The molecule has 1 aromatic carbocycles. The van der Waals surface area contributed by atoms with Crippen LogP contribution in [-0.2, 0) is 6.54 Å². The fraction of sp³-hybridized carbons (Fsp3) is 0.167. The highest BCUT2D eigenvalue weighted by atomic mass is 32.1. The molecule has 0 spiro atoms. The number of rotatable bonds is 4. The van der Waals surface area contributed by atoms with Crippen LogP contribution in [-0.4, -0.2) is 20.9 Å². The number of nitrogens with zero attached hydrogens (tertiary/aromatic N) is 2. The zero-order valence-corrected chi connectivity index (χ0v) is 11.3. The molecule has 0 aliphatic carbocycles.